The second kappa shape index (κ2) is 36.7. The molecule has 0 aliphatic rings. The first-order chi connectivity index (χ1) is 23.0. The maximum absolute atomic E-state index is 12.6. The van der Waals surface area contributed by atoms with Crippen LogP contribution in [0, 0.1) is 0 Å². The second-order valence-electron chi connectivity index (χ2n) is 13.2. The molecular formula is C41H74O6. The Labute approximate surface area is 290 Å². The molecule has 0 amide bonds. The van der Waals surface area contributed by atoms with Crippen molar-refractivity contribution in [1.82, 2.24) is 0 Å². The summed E-state index contributed by atoms with van der Waals surface area (Å²) in [5.41, 5.74) is 0. The minimum atomic E-state index is -0.765. The van der Waals surface area contributed by atoms with Crippen molar-refractivity contribution in [2.75, 3.05) is 13.2 Å². The maximum atomic E-state index is 12.6. The van der Waals surface area contributed by atoms with Crippen LogP contribution in [0.3, 0.4) is 0 Å². The van der Waals surface area contributed by atoms with E-state index >= 15 is 0 Å². The minimum Gasteiger partial charge on any atom is -0.462 e. The zero-order valence-corrected chi connectivity index (χ0v) is 31.0. The monoisotopic (exact) mass is 663 g/mol. The zero-order valence-electron chi connectivity index (χ0n) is 31.0. The Kier molecular flexibility index (Phi) is 35.1. The quantitative estimate of drug-likeness (QED) is 0.0291. The van der Waals surface area contributed by atoms with Crippen LogP contribution in [-0.4, -0.2) is 37.2 Å². The molecule has 0 fully saturated rings. The molecule has 0 radical (unpaired) electrons. The summed E-state index contributed by atoms with van der Waals surface area (Å²) in [4.78, 5) is 37.3. The van der Waals surface area contributed by atoms with Gasteiger partial charge in [0.25, 0.3) is 0 Å². The molecule has 0 spiro atoms. The lowest BCUT2D eigenvalue weighted by atomic mass is 10.1. The van der Waals surface area contributed by atoms with Crippen LogP contribution < -0.4 is 0 Å². The molecular weight excluding hydrogens is 588 g/mol. The summed E-state index contributed by atoms with van der Waals surface area (Å²) in [5.74, 6) is -0.904. The number of ether oxygens (including phenoxy) is 3. The maximum Gasteiger partial charge on any atom is 0.306 e. The van der Waals surface area contributed by atoms with E-state index in [9.17, 15) is 14.4 Å². The van der Waals surface area contributed by atoms with E-state index in [1.54, 1.807) is 0 Å². The Morgan fingerprint density at radius 2 is 0.787 bits per heavy atom. The number of hydrogen-bond donors (Lipinski definition) is 0. The molecule has 1 unspecified atom stereocenters. The third-order valence-electron chi connectivity index (χ3n) is 8.46. The standard InChI is InChI=1S/C41H74O6/c1-4-7-10-13-16-18-19-20-21-22-24-25-28-31-34-40(43)46-37-38(36-45-39(42)33-30-27-15-12-9-6-3)47-41(44)35-32-29-26-23-17-14-11-8-5-2/h13,16,19-20,38H,4-12,14-15,17-18,21-37H2,1-3H3/b16-13-,20-19-. The number of esters is 3. The average Bonchev–Trinajstić information content (AvgIpc) is 3.06. The van der Waals surface area contributed by atoms with Crippen molar-refractivity contribution in [3.8, 4) is 0 Å². The van der Waals surface area contributed by atoms with E-state index in [1.807, 2.05) is 0 Å². The van der Waals surface area contributed by atoms with Gasteiger partial charge in [-0.05, 0) is 44.9 Å². The predicted molar refractivity (Wildman–Crippen MR) is 196 cm³/mol. The lowest BCUT2D eigenvalue weighted by Crippen LogP contribution is -2.30. The van der Waals surface area contributed by atoms with Gasteiger partial charge in [-0.25, -0.2) is 0 Å². The smallest absolute Gasteiger partial charge is 0.306 e. The van der Waals surface area contributed by atoms with E-state index in [0.29, 0.717) is 19.3 Å². The van der Waals surface area contributed by atoms with Crippen LogP contribution in [0.1, 0.15) is 201 Å². The van der Waals surface area contributed by atoms with Crippen molar-refractivity contribution in [3.63, 3.8) is 0 Å². The molecule has 0 aromatic carbocycles. The Bertz CT molecular complexity index is 774. The van der Waals surface area contributed by atoms with Crippen LogP contribution in [0.25, 0.3) is 0 Å². The highest BCUT2D eigenvalue weighted by Crippen LogP contribution is 2.13. The van der Waals surface area contributed by atoms with Gasteiger partial charge in [0.15, 0.2) is 6.10 Å². The third-order valence-corrected chi connectivity index (χ3v) is 8.46. The van der Waals surface area contributed by atoms with Gasteiger partial charge < -0.3 is 14.2 Å². The molecule has 0 rings (SSSR count). The highest BCUT2D eigenvalue weighted by molar-refractivity contribution is 5.71. The fourth-order valence-corrected chi connectivity index (χ4v) is 5.40. The highest BCUT2D eigenvalue weighted by Gasteiger charge is 2.19. The molecule has 6 heteroatoms. The average molecular weight is 663 g/mol. The van der Waals surface area contributed by atoms with Crippen LogP contribution in [0.2, 0.25) is 0 Å². The van der Waals surface area contributed by atoms with Gasteiger partial charge in [-0.2, -0.15) is 0 Å². The summed E-state index contributed by atoms with van der Waals surface area (Å²) in [7, 11) is 0. The van der Waals surface area contributed by atoms with E-state index in [0.717, 1.165) is 77.0 Å². The van der Waals surface area contributed by atoms with Crippen LogP contribution in [-0.2, 0) is 28.6 Å². The van der Waals surface area contributed by atoms with Crippen LogP contribution >= 0.6 is 0 Å². The molecule has 0 saturated carbocycles. The molecule has 47 heavy (non-hydrogen) atoms. The number of allylic oxidation sites excluding steroid dienone is 4. The third kappa shape index (κ3) is 35.0. The molecule has 0 aliphatic heterocycles. The first-order valence-corrected chi connectivity index (χ1v) is 19.8. The van der Waals surface area contributed by atoms with Gasteiger partial charge in [0.1, 0.15) is 13.2 Å². The summed E-state index contributed by atoms with van der Waals surface area (Å²) in [5, 5.41) is 0. The number of hydrogen-bond acceptors (Lipinski definition) is 6. The predicted octanol–water partition coefficient (Wildman–Crippen LogP) is 12.1. The fourth-order valence-electron chi connectivity index (χ4n) is 5.40. The first-order valence-electron chi connectivity index (χ1n) is 19.8. The normalized spacial score (nSPS) is 12.1. The molecule has 0 aromatic rings. The number of carbonyl (C=O) groups excluding carboxylic acids is 3. The second-order valence-corrected chi connectivity index (χ2v) is 13.2. The lowest BCUT2D eigenvalue weighted by Gasteiger charge is -2.18. The van der Waals surface area contributed by atoms with E-state index in [2.05, 4.69) is 45.1 Å². The Morgan fingerprint density at radius 1 is 0.426 bits per heavy atom. The Balaban J connectivity index is 4.31. The van der Waals surface area contributed by atoms with Crippen molar-refractivity contribution in [3.05, 3.63) is 24.3 Å². The number of rotatable bonds is 35. The van der Waals surface area contributed by atoms with E-state index in [-0.39, 0.29) is 31.1 Å². The van der Waals surface area contributed by atoms with Crippen molar-refractivity contribution in [2.24, 2.45) is 0 Å². The van der Waals surface area contributed by atoms with Crippen molar-refractivity contribution >= 4 is 17.9 Å². The van der Waals surface area contributed by atoms with E-state index in [4.69, 9.17) is 14.2 Å². The molecule has 0 heterocycles. The number of carbonyl (C=O) groups is 3. The summed E-state index contributed by atoms with van der Waals surface area (Å²) in [6.07, 6.45) is 37.5. The molecule has 1 atom stereocenters. The van der Waals surface area contributed by atoms with Gasteiger partial charge in [0.05, 0.1) is 0 Å². The van der Waals surface area contributed by atoms with Crippen LogP contribution in [0.5, 0.6) is 0 Å². The summed E-state index contributed by atoms with van der Waals surface area (Å²) >= 11 is 0. The molecule has 0 saturated heterocycles. The lowest BCUT2D eigenvalue weighted by molar-refractivity contribution is -0.167. The molecule has 0 aromatic heterocycles. The molecule has 0 N–H and O–H groups in total. The number of unbranched alkanes of at least 4 members (excludes halogenated alkanes) is 20. The molecule has 6 nitrogen and oxygen atoms in total. The summed E-state index contributed by atoms with van der Waals surface area (Å²) in [6.45, 7) is 6.48. The molecule has 0 bridgehead atoms. The van der Waals surface area contributed by atoms with Gasteiger partial charge >= 0.3 is 17.9 Å². The van der Waals surface area contributed by atoms with Crippen molar-refractivity contribution in [1.29, 1.82) is 0 Å². The van der Waals surface area contributed by atoms with Gasteiger partial charge in [0, 0.05) is 19.3 Å². The van der Waals surface area contributed by atoms with Crippen LogP contribution in [0.15, 0.2) is 24.3 Å². The molecule has 274 valence electrons. The Morgan fingerprint density at radius 3 is 1.23 bits per heavy atom. The zero-order chi connectivity index (χ0) is 34.5. The van der Waals surface area contributed by atoms with Gasteiger partial charge in [-0.1, -0.05) is 161 Å². The molecule has 0 aliphatic carbocycles. The summed E-state index contributed by atoms with van der Waals surface area (Å²) < 4.78 is 16.5. The summed E-state index contributed by atoms with van der Waals surface area (Å²) in [6, 6.07) is 0. The fraction of sp³-hybridized carbons (Fsp3) is 0.829. The Hall–Kier alpha value is -2.11. The highest BCUT2D eigenvalue weighted by atomic mass is 16.6. The van der Waals surface area contributed by atoms with E-state index < -0.39 is 6.10 Å². The van der Waals surface area contributed by atoms with Gasteiger partial charge in [0.2, 0.25) is 0 Å². The first kappa shape index (κ1) is 44.9. The van der Waals surface area contributed by atoms with E-state index in [1.165, 1.54) is 83.5 Å². The largest absolute Gasteiger partial charge is 0.462 e. The van der Waals surface area contributed by atoms with Crippen molar-refractivity contribution < 1.29 is 28.6 Å². The minimum absolute atomic E-state index is 0.0744. The van der Waals surface area contributed by atoms with Crippen molar-refractivity contribution in [2.45, 2.75) is 207 Å². The van der Waals surface area contributed by atoms with Crippen LogP contribution in [0.4, 0.5) is 0 Å². The van der Waals surface area contributed by atoms with Gasteiger partial charge in [-0.3, -0.25) is 14.4 Å². The topological polar surface area (TPSA) is 78.9 Å². The SMILES string of the molecule is CCCC/C=C\C/C=C\CCCCCCCC(=O)OCC(COC(=O)CCCCCCCC)OC(=O)CCCCCCCCCCC. The van der Waals surface area contributed by atoms with Gasteiger partial charge in [-0.15, -0.1) is 0 Å².